The summed E-state index contributed by atoms with van der Waals surface area (Å²) in [7, 11) is 0. The molecule has 0 N–H and O–H groups in total. The van der Waals surface area contributed by atoms with Crippen LogP contribution in [0.1, 0.15) is 36.6 Å². The molecule has 0 aliphatic carbocycles. The highest BCUT2D eigenvalue weighted by Gasteiger charge is 2.33. The second-order valence-electron chi connectivity index (χ2n) is 8.92. The van der Waals surface area contributed by atoms with E-state index in [2.05, 4.69) is 4.99 Å². The van der Waals surface area contributed by atoms with E-state index >= 15 is 0 Å². The Bertz CT molecular complexity index is 1810. The number of hydrogen-bond acceptors (Lipinski definition) is 6. The SMILES string of the molecule is CCOC(=O)C1=C(C)N=c2sc(=Cc3ccccc3OCc3ccc(Cl)cc3Cl)c(=O)n2C1c1ccc(Cl)cc1. The Morgan fingerprint density at radius 3 is 2.50 bits per heavy atom. The molecule has 3 aromatic carbocycles. The number of aromatic nitrogens is 1. The van der Waals surface area contributed by atoms with Gasteiger partial charge in [0.15, 0.2) is 4.80 Å². The van der Waals surface area contributed by atoms with Gasteiger partial charge in [-0.05, 0) is 55.8 Å². The molecule has 1 aliphatic heterocycles. The third-order valence-electron chi connectivity index (χ3n) is 6.31. The van der Waals surface area contributed by atoms with Gasteiger partial charge in [0.1, 0.15) is 12.4 Å². The maximum absolute atomic E-state index is 13.9. The van der Waals surface area contributed by atoms with Gasteiger partial charge in [-0.3, -0.25) is 9.36 Å². The minimum atomic E-state index is -0.715. The highest BCUT2D eigenvalue weighted by molar-refractivity contribution is 7.07. The highest BCUT2D eigenvalue weighted by Crippen LogP contribution is 2.31. The number of esters is 1. The van der Waals surface area contributed by atoms with Crippen LogP contribution >= 0.6 is 46.1 Å². The van der Waals surface area contributed by atoms with Gasteiger partial charge in [-0.1, -0.05) is 82.5 Å². The number of para-hydroxylation sites is 1. The van der Waals surface area contributed by atoms with E-state index in [1.54, 1.807) is 56.3 Å². The van der Waals surface area contributed by atoms with E-state index in [4.69, 9.17) is 44.3 Å². The largest absolute Gasteiger partial charge is 0.488 e. The number of thiazole rings is 1. The van der Waals surface area contributed by atoms with Crippen LogP contribution in [-0.4, -0.2) is 17.1 Å². The van der Waals surface area contributed by atoms with E-state index in [0.29, 0.717) is 47.0 Å². The molecule has 0 saturated carbocycles. The predicted molar refractivity (Wildman–Crippen MR) is 159 cm³/mol. The molecule has 6 nitrogen and oxygen atoms in total. The average Bonchev–Trinajstić information content (AvgIpc) is 3.23. The first kappa shape index (κ1) is 28.2. The lowest BCUT2D eigenvalue weighted by atomic mass is 9.96. The van der Waals surface area contributed by atoms with Crippen molar-refractivity contribution < 1.29 is 14.3 Å². The van der Waals surface area contributed by atoms with Crippen LogP contribution in [0.3, 0.4) is 0 Å². The molecule has 0 fully saturated rings. The monoisotopic (exact) mass is 612 g/mol. The fraction of sp³-hybridized carbons (Fsp3) is 0.167. The summed E-state index contributed by atoms with van der Waals surface area (Å²) in [4.78, 5) is 32.0. The molecule has 0 amide bonds. The van der Waals surface area contributed by atoms with Crippen LogP contribution in [0, 0.1) is 0 Å². The van der Waals surface area contributed by atoms with Gasteiger partial charge in [0.05, 0.1) is 28.5 Å². The summed E-state index contributed by atoms with van der Waals surface area (Å²) in [6, 6.07) is 19.0. The zero-order chi connectivity index (χ0) is 28.4. The normalized spacial score (nSPS) is 15.0. The fourth-order valence-electron chi connectivity index (χ4n) is 4.42. The fourth-order valence-corrected chi connectivity index (χ4v) is 6.05. The van der Waals surface area contributed by atoms with Crippen molar-refractivity contribution in [2.24, 2.45) is 4.99 Å². The van der Waals surface area contributed by atoms with E-state index in [1.165, 1.54) is 15.9 Å². The Morgan fingerprint density at radius 2 is 1.77 bits per heavy atom. The Balaban J connectivity index is 1.59. The molecule has 0 spiro atoms. The van der Waals surface area contributed by atoms with Crippen LogP contribution in [-0.2, 0) is 16.1 Å². The summed E-state index contributed by atoms with van der Waals surface area (Å²) in [5.74, 6) is 0.0644. The molecular weight excluding hydrogens is 591 g/mol. The minimum absolute atomic E-state index is 0.200. The van der Waals surface area contributed by atoms with Crippen LogP contribution in [0.15, 0.2) is 87.8 Å². The van der Waals surface area contributed by atoms with Crippen molar-refractivity contribution in [3.8, 4) is 5.75 Å². The molecule has 0 saturated heterocycles. The number of benzene rings is 3. The van der Waals surface area contributed by atoms with Crippen molar-refractivity contribution in [2.45, 2.75) is 26.5 Å². The number of nitrogens with zero attached hydrogens (tertiary/aromatic N) is 2. The zero-order valence-corrected chi connectivity index (χ0v) is 24.6. The second-order valence-corrected chi connectivity index (χ2v) is 11.2. The van der Waals surface area contributed by atoms with Crippen molar-refractivity contribution in [3.05, 3.63) is 129 Å². The molecular formula is C30H23Cl3N2O4S. The van der Waals surface area contributed by atoms with Crippen molar-refractivity contribution in [3.63, 3.8) is 0 Å². The first-order valence-corrected chi connectivity index (χ1v) is 14.3. The predicted octanol–water partition coefficient (Wildman–Crippen LogP) is 6.34. The summed E-state index contributed by atoms with van der Waals surface area (Å²) in [5.41, 5.74) is 2.74. The van der Waals surface area contributed by atoms with Gasteiger partial charge in [0.25, 0.3) is 5.56 Å². The quantitative estimate of drug-likeness (QED) is 0.228. The molecule has 0 bridgehead atoms. The number of hydrogen-bond donors (Lipinski definition) is 0. The number of fused-ring (bicyclic) bond motifs is 1. The molecule has 5 rings (SSSR count). The van der Waals surface area contributed by atoms with Gasteiger partial charge in [-0.2, -0.15) is 0 Å². The van der Waals surface area contributed by atoms with Crippen LogP contribution in [0.2, 0.25) is 15.1 Å². The molecule has 40 heavy (non-hydrogen) atoms. The molecule has 1 aliphatic rings. The Kier molecular flexibility index (Phi) is 8.47. The number of halogens is 3. The minimum Gasteiger partial charge on any atom is -0.488 e. The van der Waals surface area contributed by atoms with Gasteiger partial charge in [-0.25, -0.2) is 9.79 Å². The molecule has 4 aromatic rings. The average molecular weight is 614 g/mol. The van der Waals surface area contributed by atoms with Crippen LogP contribution in [0.25, 0.3) is 6.08 Å². The Labute approximate surface area is 249 Å². The lowest BCUT2D eigenvalue weighted by Crippen LogP contribution is -2.39. The number of allylic oxidation sites excluding steroid dienone is 1. The van der Waals surface area contributed by atoms with Gasteiger partial charge < -0.3 is 9.47 Å². The topological polar surface area (TPSA) is 69.9 Å². The van der Waals surface area contributed by atoms with Gasteiger partial charge in [-0.15, -0.1) is 0 Å². The van der Waals surface area contributed by atoms with Crippen molar-refractivity contribution in [1.29, 1.82) is 0 Å². The standard InChI is InChI=1S/C30H23Cl3N2O4S/c1-3-38-29(37)26-17(2)34-30-35(27(26)18-8-11-21(31)12-9-18)28(36)25(40-30)14-19-6-4-5-7-24(19)39-16-20-10-13-22(32)15-23(20)33/h4-15,27H,3,16H2,1-2H3. The highest BCUT2D eigenvalue weighted by atomic mass is 35.5. The first-order chi connectivity index (χ1) is 19.3. The number of rotatable bonds is 7. The van der Waals surface area contributed by atoms with E-state index in [0.717, 1.165) is 11.1 Å². The van der Waals surface area contributed by atoms with Crippen LogP contribution < -0.4 is 19.6 Å². The molecule has 10 heteroatoms. The van der Waals surface area contributed by atoms with E-state index in [-0.39, 0.29) is 18.8 Å². The van der Waals surface area contributed by atoms with Crippen LogP contribution in [0.4, 0.5) is 0 Å². The lowest BCUT2D eigenvalue weighted by molar-refractivity contribution is -0.139. The number of ether oxygens (including phenoxy) is 2. The zero-order valence-electron chi connectivity index (χ0n) is 21.5. The number of carbonyl (C=O) groups is 1. The third-order valence-corrected chi connectivity index (χ3v) is 8.13. The maximum atomic E-state index is 13.9. The van der Waals surface area contributed by atoms with E-state index in [1.807, 2.05) is 30.3 Å². The molecule has 2 heterocycles. The Morgan fingerprint density at radius 1 is 1.05 bits per heavy atom. The van der Waals surface area contributed by atoms with E-state index in [9.17, 15) is 9.59 Å². The molecule has 0 radical (unpaired) electrons. The smallest absolute Gasteiger partial charge is 0.338 e. The van der Waals surface area contributed by atoms with Gasteiger partial charge in [0.2, 0.25) is 0 Å². The molecule has 204 valence electrons. The number of carbonyl (C=O) groups excluding carboxylic acids is 1. The third kappa shape index (κ3) is 5.74. The summed E-state index contributed by atoms with van der Waals surface area (Å²) in [6.07, 6.45) is 1.77. The molecule has 1 unspecified atom stereocenters. The Hall–Kier alpha value is -3.36. The molecule has 1 aromatic heterocycles. The summed E-state index contributed by atoms with van der Waals surface area (Å²) >= 11 is 19.7. The first-order valence-electron chi connectivity index (χ1n) is 12.4. The lowest BCUT2D eigenvalue weighted by Gasteiger charge is -2.24. The van der Waals surface area contributed by atoms with Gasteiger partial charge >= 0.3 is 5.97 Å². The van der Waals surface area contributed by atoms with Gasteiger partial charge in [0, 0.05) is 26.2 Å². The van der Waals surface area contributed by atoms with Crippen LogP contribution in [0.5, 0.6) is 5.75 Å². The maximum Gasteiger partial charge on any atom is 0.338 e. The van der Waals surface area contributed by atoms with Crippen molar-refractivity contribution >= 4 is 58.2 Å². The summed E-state index contributed by atoms with van der Waals surface area (Å²) in [6.45, 7) is 3.91. The van der Waals surface area contributed by atoms with Crippen molar-refractivity contribution in [1.82, 2.24) is 4.57 Å². The molecule has 1 atom stereocenters. The second kappa shape index (κ2) is 12.0. The summed E-state index contributed by atoms with van der Waals surface area (Å²) in [5, 5.41) is 1.60. The van der Waals surface area contributed by atoms with Crippen molar-refractivity contribution in [2.75, 3.05) is 6.61 Å². The summed E-state index contributed by atoms with van der Waals surface area (Å²) < 4.78 is 13.4. The van der Waals surface area contributed by atoms with E-state index < -0.39 is 12.0 Å².